The van der Waals surface area contributed by atoms with Crippen LogP contribution in [0.5, 0.6) is 11.5 Å². The van der Waals surface area contributed by atoms with Crippen molar-refractivity contribution in [2.24, 2.45) is 0 Å². The van der Waals surface area contributed by atoms with Gasteiger partial charge >= 0.3 is 0 Å². The summed E-state index contributed by atoms with van der Waals surface area (Å²) in [6.07, 6.45) is 0. The molecule has 1 amide bonds. The average molecular weight is 462 g/mol. The molecule has 0 aliphatic carbocycles. The molecule has 1 unspecified atom stereocenters. The van der Waals surface area contributed by atoms with Crippen LogP contribution < -0.4 is 4.74 Å². The largest absolute Gasteiger partial charge is 0.507 e. The maximum absolute atomic E-state index is 13.0. The molecule has 0 saturated carbocycles. The fourth-order valence-electron chi connectivity index (χ4n) is 3.52. The number of amides is 1. The number of hydrogen-bond donors (Lipinski definition) is 3. The number of aromatic hydroxyl groups is 1. The molecule has 0 spiro atoms. The van der Waals surface area contributed by atoms with Crippen LogP contribution >= 0.6 is 11.6 Å². The second-order valence-electron chi connectivity index (χ2n) is 7.00. The van der Waals surface area contributed by atoms with Gasteiger partial charge in [0.1, 0.15) is 5.76 Å². The molecule has 32 heavy (non-hydrogen) atoms. The average Bonchev–Trinajstić information content (AvgIpc) is 3.03. The van der Waals surface area contributed by atoms with Gasteiger partial charge in [0, 0.05) is 17.1 Å². The normalized spacial score (nSPS) is 17.7. The number of benzene rings is 2. The Bertz CT molecular complexity index is 1020. The number of carbonyl (C=O) groups excluding carboxylic acids is 2. The number of phenolic OH excluding ortho intramolecular Hbond substituents is 1. The van der Waals surface area contributed by atoms with Gasteiger partial charge in [0.25, 0.3) is 11.7 Å². The van der Waals surface area contributed by atoms with Gasteiger partial charge in [0.2, 0.25) is 0 Å². The molecule has 3 rings (SSSR count). The van der Waals surface area contributed by atoms with Crippen molar-refractivity contribution in [2.45, 2.75) is 13.0 Å². The van der Waals surface area contributed by atoms with Crippen LogP contribution in [0.4, 0.5) is 0 Å². The molecule has 1 fully saturated rings. The van der Waals surface area contributed by atoms with E-state index in [1.165, 1.54) is 17.0 Å². The fraction of sp³-hybridized carbons (Fsp3) is 0.304. The van der Waals surface area contributed by atoms with Gasteiger partial charge in [-0.15, -0.1) is 0 Å². The van der Waals surface area contributed by atoms with E-state index in [-0.39, 0.29) is 49.2 Å². The van der Waals surface area contributed by atoms with Crippen molar-refractivity contribution in [1.29, 1.82) is 0 Å². The van der Waals surface area contributed by atoms with Gasteiger partial charge in [-0.1, -0.05) is 17.7 Å². The molecule has 3 N–H and O–H groups in total. The van der Waals surface area contributed by atoms with Crippen molar-refractivity contribution in [2.75, 3.05) is 33.0 Å². The van der Waals surface area contributed by atoms with Crippen molar-refractivity contribution >= 4 is 29.1 Å². The first-order valence-corrected chi connectivity index (χ1v) is 10.5. The number of halogens is 1. The molecule has 2 aromatic rings. The Hall–Kier alpha value is -3.07. The Morgan fingerprint density at radius 2 is 1.84 bits per heavy atom. The second-order valence-corrected chi connectivity index (χ2v) is 7.43. The van der Waals surface area contributed by atoms with Gasteiger partial charge in [-0.3, -0.25) is 9.59 Å². The third kappa shape index (κ3) is 4.88. The Labute approximate surface area is 190 Å². The highest BCUT2D eigenvalue weighted by Gasteiger charge is 2.46. The van der Waals surface area contributed by atoms with Crippen LogP contribution in [-0.2, 0) is 14.3 Å². The molecular weight excluding hydrogens is 438 g/mol. The van der Waals surface area contributed by atoms with Crippen molar-refractivity contribution in [1.82, 2.24) is 4.90 Å². The second kappa shape index (κ2) is 10.5. The topological polar surface area (TPSA) is 117 Å². The molecule has 1 saturated heterocycles. The van der Waals surface area contributed by atoms with Crippen LogP contribution in [0.25, 0.3) is 5.76 Å². The van der Waals surface area contributed by atoms with Crippen molar-refractivity contribution in [3.05, 3.63) is 64.2 Å². The first-order valence-electron chi connectivity index (χ1n) is 10.1. The summed E-state index contributed by atoms with van der Waals surface area (Å²) in [5.41, 5.74) is 0.716. The summed E-state index contributed by atoms with van der Waals surface area (Å²) >= 11 is 5.92. The summed E-state index contributed by atoms with van der Waals surface area (Å²) < 4.78 is 10.7. The maximum Gasteiger partial charge on any atom is 0.295 e. The minimum absolute atomic E-state index is 0.0531. The van der Waals surface area contributed by atoms with Gasteiger partial charge in [-0.05, 0) is 48.9 Å². The summed E-state index contributed by atoms with van der Waals surface area (Å²) in [7, 11) is 0. The first kappa shape index (κ1) is 23.6. The number of likely N-dealkylation sites (tertiary alicyclic amines) is 1. The number of carbonyl (C=O) groups is 2. The van der Waals surface area contributed by atoms with Crippen molar-refractivity contribution < 1.29 is 34.4 Å². The smallest absolute Gasteiger partial charge is 0.295 e. The Kier molecular flexibility index (Phi) is 7.74. The number of phenols is 1. The molecule has 0 bridgehead atoms. The van der Waals surface area contributed by atoms with Crippen LogP contribution in [0.15, 0.2) is 48.0 Å². The summed E-state index contributed by atoms with van der Waals surface area (Å²) in [6, 6.07) is 9.81. The molecule has 8 nitrogen and oxygen atoms in total. The summed E-state index contributed by atoms with van der Waals surface area (Å²) in [5.74, 6) is -1.86. The highest BCUT2D eigenvalue weighted by Crippen LogP contribution is 2.41. The van der Waals surface area contributed by atoms with E-state index in [4.69, 9.17) is 26.2 Å². The highest BCUT2D eigenvalue weighted by atomic mass is 35.5. The molecule has 1 atom stereocenters. The Morgan fingerprint density at radius 1 is 1.12 bits per heavy atom. The van der Waals surface area contributed by atoms with Crippen LogP contribution in [0.2, 0.25) is 5.02 Å². The summed E-state index contributed by atoms with van der Waals surface area (Å²) in [6.45, 7) is 2.12. The molecule has 0 radical (unpaired) electrons. The minimum Gasteiger partial charge on any atom is -0.507 e. The van der Waals surface area contributed by atoms with Gasteiger partial charge < -0.3 is 29.7 Å². The lowest BCUT2D eigenvalue weighted by atomic mass is 9.95. The number of ether oxygens (including phenoxy) is 2. The monoisotopic (exact) mass is 461 g/mol. The maximum atomic E-state index is 13.0. The van der Waals surface area contributed by atoms with E-state index in [0.717, 1.165) is 0 Å². The predicted octanol–water partition coefficient (Wildman–Crippen LogP) is 2.87. The van der Waals surface area contributed by atoms with Crippen molar-refractivity contribution in [3.63, 3.8) is 0 Å². The van der Waals surface area contributed by atoms with Gasteiger partial charge in [0.05, 0.1) is 38.0 Å². The van der Waals surface area contributed by atoms with E-state index < -0.39 is 17.7 Å². The summed E-state index contributed by atoms with van der Waals surface area (Å²) in [4.78, 5) is 27.1. The molecule has 2 aromatic carbocycles. The van der Waals surface area contributed by atoms with E-state index in [2.05, 4.69) is 0 Å². The van der Waals surface area contributed by atoms with E-state index >= 15 is 0 Å². The standard InChI is InChI=1S/C23H24ClNO7/c1-2-32-18-13-15(5-8-17(18)27)20-19(21(28)14-3-6-16(24)7-4-14)22(29)23(30)25(20)9-11-31-12-10-26/h3-8,13,20,26-28H,2,9-12H2,1H3. The number of rotatable bonds is 9. The van der Waals surface area contributed by atoms with Crippen LogP contribution in [0.1, 0.15) is 24.1 Å². The molecule has 0 aromatic heterocycles. The number of aliphatic hydroxyl groups excluding tert-OH is 2. The quantitative estimate of drug-likeness (QED) is 0.227. The van der Waals surface area contributed by atoms with Crippen LogP contribution in [0, 0.1) is 0 Å². The zero-order chi connectivity index (χ0) is 23.3. The van der Waals surface area contributed by atoms with Gasteiger partial charge in [-0.25, -0.2) is 0 Å². The third-order valence-corrected chi connectivity index (χ3v) is 5.22. The Morgan fingerprint density at radius 3 is 2.50 bits per heavy atom. The van der Waals surface area contributed by atoms with E-state index in [1.54, 1.807) is 37.3 Å². The fourth-order valence-corrected chi connectivity index (χ4v) is 3.65. The van der Waals surface area contributed by atoms with Gasteiger partial charge in [0.15, 0.2) is 11.5 Å². The molecule has 9 heteroatoms. The van der Waals surface area contributed by atoms with Crippen LogP contribution in [0.3, 0.4) is 0 Å². The predicted molar refractivity (Wildman–Crippen MR) is 118 cm³/mol. The summed E-state index contributed by atoms with van der Waals surface area (Å²) in [5, 5.41) is 30.4. The minimum atomic E-state index is -0.928. The number of Topliss-reactive ketones (excluding diaryl/α,β-unsaturated/α-hetero) is 1. The molecule has 170 valence electrons. The molecule has 1 aliphatic rings. The third-order valence-electron chi connectivity index (χ3n) is 4.97. The lowest BCUT2D eigenvalue weighted by molar-refractivity contribution is -0.140. The lowest BCUT2D eigenvalue weighted by Crippen LogP contribution is -2.33. The SMILES string of the molecule is CCOc1cc(C2C(=C(O)c3ccc(Cl)cc3)C(=O)C(=O)N2CCOCCO)ccc1O. The highest BCUT2D eigenvalue weighted by molar-refractivity contribution is 6.46. The van der Waals surface area contributed by atoms with E-state index in [0.29, 0.717) is 22.8 Å². The number of ketones is 1. The van der Waals surface area contributed by atoms with Gasteiger partial charge in [-0.2, -0.15) is 0 Å². The number of nitrogens with zero attached hydrogens (tertiary/aromatic N) is 1. The molecule has 1 aliphatic heterocycles. The number of hydrogen-bond acceptors (Lipinski definition) is 7. The van der Waals surface area contributed by atoms with E-state index in [1.807, 2.05) is 0 Å². The zero-order valence-electron chi connectivity index (χ0n) is 17.5. The van der Waals surface area contributed by atoms with E-state index in [9.17, 15) is 19.8 Å². The lowest BCUT2D eigenvalue weighted by Gasteiger charge is -2.25. The number of aliphatic hydroxyl groups is 2. The molecular formula is C23H24ClNO7. The van der Waals surface area contributed by atoms with Crippen LogP contribution in [-0.4, -0.2) is 64.9 Å². The van der Waals surface area contributed by atoms with Crippen molar-refractivity contribution in [3.8, 4) is 11.5 Å². The molecule has 1 heterocycles. The first-order chi connectivity index (χ1) is 15.4. The Balaban J connectivity index is 2.10. The zero-order valence-corrected chi connectivity index (χ0v) is 18.2.